The molecule has 4 aromatic rings. The van der Waals surface area contributed by atoms with Crippen LogP contribution in [0, 0.1) is 0 Å². The van der Waals surface area contributed by atoms with Crippen LogP contribution in [-0.2, 0) is 6.54 Å². The van der Waals surface area contributed by atoms with Crippen molar-refractivity contribution in [3.8, 4) is 17.0 Å². The van der Waals surface area contributed by atoms with Gasteiger partial charge in [0.1, 0.15) is 11.4 Å². The number of fused-ring (bicyclic) bond motifs is 1. The number of aromatic amines is 1. The van der Waals surface area contributed by atoms with E-state index in [1.165, 1.54) is 0 Å². The molecule has 0 saturated heterocycles. The highest BCUT2D eigenvalue weighted by Crippen LogP contribution is 2.44. The lowest BCUT2D eigenvalue weighted by Gasteiger charge is -2.27. The summed E-state index contributed by atoms with van der Waals surface area (Å²) >= 11 is 0. The molecule has 2 heterocycles. The van der Waals surface area contributed by atoms with E-state index >= 15 is 0 Å². The molecule has 1 N–H and O–H groups in total. The average Bonchev–Trinajstić information content (AvgIpc) is 3.38. The Morgan fingerprint density at radius 1 is 0.969 bits per heavy atom. The maximum Gasteiger partial charge on any atom is 0.273 e. The van der Waals surface area contributed by atoms with Crippen LogP contribution in [0.5, 0.6) is 5.75 Å². The van der Waals surface area contributed by atoms with Gasteiger partial charge in [0.15, 0.2) is 0 Å². The lowest BCUT2D eigenvalue weighted by Crippen LogP contribution is -2.29. The maximum atomic E-state index is 13.5. The second-order valence-electron chi connectivity index (χ2n) is 7.97. The van der Waals surface area contributed by atoms with E-state index < -0.39 is 0 Å². The van der Waals surface area contributed by atoms with Gasteiger partial charge in [-0.15, -0.1) is 0 Å². The van der Waals surface area contributed by atoms with Gasteiger partial charge in [-0.05, 0) is 29.7 Å². The summed E-state index contributed by atoms with van der Waals surface area (Å²) < 4.78 is 5.89. The van der Waals surface area contributed by atoms with E-state index in [0.717, 1.165) is 40.1 Å². The molecule has 0 bridgehead atoms. The molecule has 5 heteroatoms. The fourth-order valence-corrected chi connectivity index (χ4v) is 4.30. The summed E-state index contributed by atoms with van der Waals surface area (Å²) in [7, 11) is 0. The molecule has 0 radical (unpaired) electrons. The summed E-state index contributed by atoms with van der Waals surface area (Å²) in [6.45, 7) is 3.26. The Kier molecular flexibility index (Phi) is 5.46. The number of rotatable bonds is 7. The van der Waals surface area contributed by atoms with Gasteiger partial charge in [0.05, 0.1) is 18.3 Å². The number of aromatic nitrogens is 2. The Morgan fingerprint density at radius 2 is 1.72 bits per heavy atom. The number of carbonyl (C=O) groups is 1. The average molecular weight is 424 g/mol. The topological polar surface area (TPSA) is 58.2 Å². The minimum Gasteiger partial charge on any atom is -0.494 e. The van der Waals surface area contributed by atoms with Crippen molar-refractivity contribution in [3.63, 3.8) is 0 Å². The fourth-order valence-electron chi connectivity index (χ4n) is 4.30. The Labute approximate surface area is 187 Å². The monoisotopic (exact) mass is 423 g/mol. The van der Waals surface area contributed by atoms with Gasteiger partial charge >= 0.3 is 0 Å². The van der Waals surface area contributed by atoms with Gasteiger partial charge in [-0.1, -0.05) is 79.7 Å². The summed E-state index contributed by atoms with van der Waals surface area (Å²) in [5, 5.41) is 7.57. The molecule has 0 aliphatic carbocycles. The predicted octanol–water partition coefficient (Wildman–Crippen LogP) is 5.61. The van der Waals surface area contributed by atoms with Crippen molar-refractivity contribution in [2.45, 2.75) is 25.9 Å². The molecular weight excluding hydrogens is 398 g/mol. The van der Waals surface area contributed by atoms with Gasteiger partial charge in [-0.2, -0.15) is 5.10 Å². The van der Waals surface area contributed by atoms with E-state index in [2.05, 4.69) is 23.2 Å². The van der Waals surface area contributed by atoms with Gasteiger partial charge < -0.3 is 9.64 Å². The standard InChI is InChI=1S/C27H25N3O2/c1-2-16-32-22-15-9-14-21(17-22)26-23-24(20-12-7-4-8-13-20)28-29-25(23)27(31)30(26)18-19-10-5-3-6-11-19/h3-15,17,26H,2,16,18H2,1H3,(H,28,29). The van der Waals surface area contributed by atoms with Crippen molar-refractivity contribution < 1.29 is 9.53 Å². The Bertz CT molecular complexity index is 1220. The largest absolute Gasteiger partial charge is 0.494 e. The molecule has 1 aliphatic heterocycles. The SMILES string of the molecule is CCCOc1cccc(C2c3c(-c4ccccc4)n[nH]c3C(=O)N2Cc2ccccc2)c1. The van der Waals surface area contributed by atoms with E-state index in [0.29, 0.717) is 18.8 Å². The Balaban J connectivity index is 1.62. The number of ether oxygens (including phenoxy) is 1. The summed E-state index contributed by atoms with van der Waals surface area (Å²) in [6, 6.07) is 27.9. The molecule has 1 unspecified atom stereocenters. The normalized spacial score (nSPS) is 15.1. The molecule has 0 fully saturated rings. The molecule has 32 heavy (non-hydrogen) atoms. The molecule has 1 amide bonds. The summed E-state index contributed by atoms with van der Waals surface area (Å²) in [6.07, 6.45) is 0.941. The van der Waals surface area contributed by atoms with Crippen LogP contribution < -0.4 is 4.74 Å². The first kappa shape index (κ1) is 20.1. The highest BCUT2D eigenvalue weighted by molar-refractivity contribution is 6.00. The first-order valence-electron chi connectivity index (χ1n) is 11.0. The lowest BCUT2D eigenvalue weighted by atomic mass is 9.95. The zero-order valence-corrected chi connectivity index (χ0v) is 18.0. The van der Waals surface area contributed by atoms with Crippen LogP contribution in [-0.4, -0.2) is 27.6 Å². The van der Waals surface area contributed by atoms with E-state index in [4.69, 9.17) is 4.74 Å². The highest BCUT2D eigenvalue weighted by atomic mass is 16.5. The molecule has 5 nitrogen and oxygen atoms in total. The van der Waals surface area contributed by atoms with Crippen molar-refractivity contribution in [2.24, 2.45) is 0 Å². The van der Waals surface area contributed by atoms with Crippen LogP contribution in [0.3, 0.4) is 0 Å². The van der Waals surface area contributed by atoms with Crippen molar-refractivity contribution in [1.29, 1.82) is 0 Å². The van der Waals surface area contributed by atoms with Gasteiger partial charge in [-0.3, -0.25) is 9.89 Å². The van der Waals surface area contributed by atoms with Crippen LogP contribution >= 0.6 is 0 Å². The number of nitrogens with one attached hydrogen (secondary N) is 1. The third-order valence-corrected chi connectivity index (χ3v) is 5.75. The van der Waals surface area contributed by atoms with E-state index in [1.54, 1.807) is 0 Å². The minimum atomic E-state index is -0.253. The predicted molar refractivity (Wildman–Crippen MR) is 124 cm³/mol. The highest BCUT2D eigenvalue weighted by Gasteiger charge is 2.42. The fraction of sp³-hybridized carbons (Fsp3) is 0.185. The molecule has 5 rings (SSSR count). The molecule has 1 aromatic heterocycles. The van der Waals surface area contributed by atoms with Crippen molar-refractivity contribution in [1.82, 2.24) is 15.1 Å². The zero-order valence-electron chi connectivity index (χ0n) is 18.0. The second-order valence-corrected chi connectivity index (χ2v) is 7.97. The molecule has 1 atom stereocenters. The van der Waals surface area contributed by atoms with Gasteiger partial charge in [-0.25, -0.2) is 0 Å². The molecular formula is C27H25N3O2. The van der Waals surface area contributed by atoms with E-state index in [-0.39, 0.29) is 11.9 Å². The Hall–Kier alpha value is -3.86. The van der Waals surface area contributed by atoms with Crippen LogP contribution in [0.15, 0.2) is 84.9 Å². The minimum absolute atomic E-state index is 0.0385. The van der Waals surface area contributed by atoms with Gasteiger partial charge in [0.2, 0.25) is 0 Å². The van der Waals surface area contributed by atoms with Crippen LogP contribution in [0.1, 0.15) is 46.6 Å². The number of hydrogen-bond donors (Lipinski definition) is 1. The summed E-state index contributed by atoms with van der Waals surface area (Å²) in [5.41, 5.74) is 5.38. The van der Waals surface area contributed by atoms with E-state index in [9.17, 15) is 4.79 Å². The first-order valence-corrected chi connectivity index (χ1v) is 11.0. The number of nitrogens with zero attached hydrogens (tertiary/aromatic N) is 2. The van der Waals surface area contributed by atoms with Crippen LogP contribution in [0.4, 0.5) is 0 Å². The molecule has 160 valence electrons. The number of amides is 1. The second kappa shape index (κ2) is 8.71. The van der Waals surface area contributed by atoms with Crippen LogP contribution in [0.25, 0.3) is 11.3 Å². The molecule has 0 spiro atoms. The molecule has 0 saturated carbocycles. The number of carbonyl (C=O) groups excluding carboxylic acids is 1. The number of hydrogen-bond acceptors (Lipinski definition) is 3. The van der Waals surface area contributed by atoms with Crippen molar-refractivity contribution in [2.75, 3.05) is 6.61 Å². The quantitative estimate of drug-likeness (QED) is 0.420. The van der Waals surface area contributed by atoms with Crippen molar-refractivity contribution >= 4 is 5.91 Å². The lowest BCUT2D eigenvalue weighted by molar-refractivity contribution is 0.0730. The number of H-pyrrole nitrogens is 1. The molecule has 1 aliphatic rings. The van der Waals surface area contributed by atoms with E-state index in [1.807, 2.05) is 83.8 Å². The van der Waals surface area contributed by atoms with Crippen LogP contribution in [0.2, 0.25) is 0 Å². The smallest absolute Gasteiger partial charge is 0.273 e. The third-order valence-electron chi connectivity index (χ3n) is 5.75. The Morgan fingerprint density at radius 3 is 2.47 bits per heavy atom. The van der Waals surface area contributed by atoms with Crippen molar-refractivity contribution in [3.05, 3.63) is 107 Å². The van der Waals surface area contributed by atoms with Gasteiger partial charge in [0.25, 0.3) is 5.91 Å². The third kappa shape index (κ3) is 3.66. The number of benzene rings is 3. The zero-order chi connectivity index (χ0) is 21.9. The first-order chi connectivity index (χ1) is 15.8. The summed E-state index contributed by atoms with van der Waals surface area (Å²) in [5.74, 6) is 0.776. The molecule has 3 aromatic carbocycles. The summed E-state index contributed by atoms with van der Waals surface area (Å²) in [4.78, 5) is 15.4. The van der Waals surface area contributed by atoms with Gasteiger partial charge in [0, 0.05) is 17.7 Å². The maximum absolute atomic E-state index is 13.5.